The molecule has 0 fully saturated rings. The van der Waals surface area contributed by atoms with Crippen LogP contribution in [0.2, 0.25) is 0 Å². The number of nitrogens with one attached hydrogen (secondary N) is 2. The Balaban J connectivity index is 0.000000532. The topological polar surface area (TPSA) is 175 Å². The third-order valence-corrected chi connectivity index (χ3v) is 5.48. The molecule has 0 radical (unpaired) electrons. The van der Waals surface area contributed by atoms with Crippen LogP contribution in [0, 0.1) is 5.41 Å². The lowest BCUT2D eigenvalue weighted by Gasteiger charge is -2.15. The smallest absolute Gasteiger partial charge is 0.478 e. The minimum atomic E-state index is -5.08. The Labute approximate surface area is 218 Å². The van der Waals surface area contributed by atoms with Crippen LogP contribution in [-0.2, 0) is 11.2 Å². The van der Waals surface area contributed by atoms with Crippen LogP contribution in [0.15, 0.2) is 83.7 Å². The fourth-order valence-corrected chi connectivity index (χ4v) is 3.61. The van der Waals surface area contributed by atoms with Crippen molar-refractivity contribution >= 4 is 17.8 Å². The van der Waals surface area contributed by atoms with Crippen molar-refractivity contribution in [2.75, 3.05) is 0 Å². The molecular formula is C26H22F3N5O5. The number of halogens is 3. The molecule has 3 aromatic carbocycles. The van der Waals surface area contributed by atoms with Gasteiger partial charge in [-0.25, -0.2) is 14.4 Å². The van der Waals surface area contributed by atoms with Gasteiger partial charge in [0.25, 0.3) is 0 Å². The first-order valence-corrected chi connectivity index (χ1v) is 11.2. The van der Waals surface area contributed by atoms with E-state index in [0.717, 1.165) is 15.8 Å². The van der Waals surface area contributed by atoms with Crippen molar-refractivity contribution in [3.05, 3.63) is 117 Å². The molecule has 39 heavy (non-hydrogen) atoms. The summed E-state index contributed by atoms with van der Waals surface area (Å²) in [6, 6.07) is 23.2. The van der Waals surface area contributed by atoms with Crippen molar-refractivity contribution in [1.29, 1.82) is 5.41 Å². The van der Waals surface area contributed by atoms with Gasteiger partial charge in [0.15, 0.2) is 0 Å². The summed E-state index contributed by atoms with van der Waals surface area (Å²) in [6.07, 6.45) is -4.55. The van der Waals surface area contributed by atoms with Crippen LogP contribution in [0.4, 0.5) is 13.2 Å². The summed E-state index contributed by atoms with van der Waals surface area (Å²) < 4.78 is 32.8. The molecule has 0 aliphatic rings. The lowest BCUT2D eigenvalue weighted by atomic mass is 9.91. The van der Waals surface area contributed by atoms with Gasteiger partial charge < -0.3 is 15.9 Å². The van der Waals surface area contributed by atoms with Crippen LogP contribution in [0.5, 0.6) is 0 Å². The molecule has 0 aliphatic heterocycles. The summed E-state index contributed by atoms with van der Waals surface area (Å²) in [5.74, 6) is -3.74. The molecule has 4 aromatic rings. The van der Waals surface area contributed by atoms with Gasteiger partial charge in [-0.05, 0) is 29.7 Å². The number of carboxylic acids is 2. The number of aliphatic carboxylic acids is 1. The summed E-state index contributed by atoms with van der Waals surface area (Å²) in [6.45, 7) is 0. The van der Waals surface area contributed by atoms with Crippen molar-refractivity contribution in [2.24, 2.45) is 5.73 Å². The first-order valence-electron chi connectivity index (χ1n) is 11.2. The second-order valence-electron chi connectivity index (χ2n) is 8.13. The highest BCUT2D eigenvalue weighted by molar-refractivity contribution is 5.94. The van der Waals surface area contributed by atoms with Crippen molar-refractivity contribution < 1.29 is 33.0 Å². The Morgan fingerprint density at radius 2 is 1.54 bits per heavy atom. The molecule has 1 atom stereocenters. The van der Waals surface area contributed by atoms with E-state index in [1.54, 1.807) is 30.3 Å². The maximum Gasteiger partial charge on any atom is 0.490 e. The number of aromatic nitrogens is 3. The highest BCUT2D eigenvalue weighted by Gasteiger charge is 2.38. The lowest BCUT2D eigenvalue weighted by Crippen LogP contribution is -2.21. The lowest BCUT2D eigenvalue weighted by molar-refractivity contribution is -0.192. The first kappa shape index (κ1) is 28.4. The van der Waals surface area contributed by atoms with E-state index in [0.29, 0.717) is 17.8 Å². The standard InChI is InChI=1S/C24H21N5O3.C2HF3O2/c25-21(26)17-12-10-15(11-13-17)14-19(16-6-2-1-3-7-16)22-27-24(32)29(28-22)20-9-5-4-8-18(20)23(30)31;3-2(4,5)1(6)7/h1-13,19H,14H2,(H3,25,26)(H,30,31)(H,27,28,32);(H,6,7). The number of nitrogen functional groups attached to an aromatic ring is 1. The zero-order valence-corrected chi connectivity index (χ0v) is 20.0. The van der Waals surface area contributed by atoms with E-state index in [4.69, 9.17) is 21.0 Å². The number of nitrogens with two attached hydrogens (primary N) is 1. The number of carbonyl (C=O) groups is 2. The number of alkyl halides is 3. The second-order valence-corrected chi connectivity index (χ2v) is 8.13. The monoisotopic (exact) mass is 541 g/mol. The minimum absolute atomic E-state index is 0.00340. The molecule has 0 saturated heterocycles. The molecule has 1 unspecified atom stereocenters. The zero-order chi connectivity index (χ0) is 28.7. The number of carboxylic acid groups (broad SMARTS) is 2. The fraction of sp³-hybridized carbons (Fsp3) is 0.115. The third kappa shape index (κ3) is 7.19. The van der Waals surface area contributed by atoms with Crippen LogP contribution in [-0.4, -0.2) is 48.9 Å². The van der Waals surface area contributed by atoms with Crippen LogP contribution in [0.1, 0.15) is 38.8 Å². The van der Waals surface area contributed by atoms with Crippen LogP contribution >= 0.6 is 0 Å². The van der Waals surface area contributed by atoms with Gasteiger partial charge in [-0.1, -0.05) is 66.7 Å². The van der Waals surface area contributed by atoms with Crippen LogP contribution in [0.25, 0.3) is 5.69 Å². The van der Waals surface area contributed by atoms with Gasteiger partial charge in [0.2, 0.25) is 0 Å². The number of nitrogens with zero attached hydrogens (tertiary/aromatic N) is 2. The van der Waals surface area contributed by atoms with E-state index in [2.05, 4.69) is 10.1 Å². The highest BCUT2D eigenvalue weighted by atomic mass is 19.4. The van der Waals surface area contributed by atoms with Gasteiger partial charge in [0, 0.05) is 11.5 Å². The summed E-state index contributed by atoms with van der Waals surface area (Å²) >= 11 is 0. The number of hydrogen-bond acceptors (Lipinski definition) is 5. The molecule has 0 aliphatic carbocycles. The molecule has 1 aromatic heterocycles. The van der Waals surface area contributed by atoms with E-state index >= 15 is 0 Å². The Morgan fingerprint density at radius 1 is 0.974 bits per heavy atom. The number of para-hydroxylation sites is 1. The largest absolute Gasteiger partial charge is 0.490 e. The van der Waals surface area contributed by atoms with E-state index < -0.39 is 23.8 Å². The number of benzene rings is 3. The van der Waals surface area contributed by atoms with Crippen LogP contribution in [0.3, 0.4) is 0 Å². The normalized spacial score (nSPS) is 11.7. The van der Waals surface area contributed by atoms with Crippen molar-refractivity contribution in [1.82, 2.24) is 14.8 Å². The minimum Gasteiger partial charge on any atom is -0.478 e. The quantitative estimate of drug-likeness (QED) is 0.176. The second kappa shape index (κ2) is 11.9. The molecular weight excluding hydrogens is 519 g/mol. The average Bonchev–Trinajstić information content (AvgIpc) is 3.28. The molecule has 0 bridgehead atoms. The molecule has 0 amide bonds. The van der Waals surface area contributed by atoms with E-state index in [-0.39, 0.29) is 23.0 Å². The van der Waals surface area contributed by atoms with Crippen molar-refractivity contribution in [3.8, 4) is 5.69 Å². The van der Waals surface area contributed by atoms with Gasteiger partial charge in [0.05, 0.1) is 11.3 Å². The molecule has 0 spiro atoms. The number of hydrogen-bond donors (Lipinski definition) is 5. The number of aromatic carboxylic acids is 1. The van der Waals surface area contributed by atoms with Crippen molar-refractivity contribution in [3.63, 3.8) is 0 Å². The summed E-state index contributed by atoms with van der Waals surface area (Å²) in [4.78, 5) is 36.0. The first-order chi connectivity index (χ1) is 18.4. The van der Waals surface area contributed by atoms with E-state index in [9.17, 15) is 27.9 Å². The summed E-state index contributed by atoms with van der Waals surface area (Å²) in [7, 11) is 0. The number of H-pyrrole nitrogens is 1. The maximum atomic E-state index is 12.7. The Hall–Kier alpha value is -5.20. The average molecular weight is 541 g/mol. The summed E-state index contributed by atoms with van der Waals surface area (Å²) in [5, 5.41) is 28.6. The van der Waals surface area contributed by atoms with Gasteiger partial charge >= 0.3 is 23.8 Å². The Bertz CT molecular complexity index is 1530. The van der Waals surface area contributed by atoms with Gasteiger partial charge in [-0.2, -0.15) is 17.9 Å². The third-order valence-electron chi connectivity index (χ3n) is 5.48. The zero-order valence-electron chi connectivity index (χ0n) is 20.0. The van der Waals surface area contributed by atoms with Gasteiger partial charge in [0.1, 0.15) is 11.7 Å². The predicted molar refractivity (Wildman–Crippen MR) is 134 cm³/mol. The number of rotatable bonds is 7. The molecule has 13 heteroatoms. The maximum absolute atomic E-state index is 12.7. The Morgan fingerprint density at radius 3 is 2.08 bits per heavy atom. The highest BCUT2D eigenvalue weighted by Crippen LogP contribution is 2.26. The number of aromatic amines is 1. The SMILES string of the molecule is N=C(N)c1ccc(CC(c2ccccc2)c2nn(-c3ccccc3C(=O)O)c(=O)[nH]2)cc1.O=C(O)C(F)(F)F. The molecule has 0 saturated carbocycles. The predicted octanol–water partition coefficient (Wildman–Crippen LogP) is 3.55. The Kier molecular flexibility index (Phi) is 8.66. The molecule has 1 heterocycles. The summed E-state index contributed by atoms with van der Waals surface area (Å²) in [5.41, 5.74) is 7.78. The van der Waals surface area contributed by atoms with Gasteiger partial charge in [-0.15, -0.1) is 5.10 Å². The van der Waals surface area contributed by atoms with E-state index in [1.165, 1.54) is 6.07 Å². The van der Waals surface area contributed by atoms with Gasteiger partial charge in [-0.3, -0.25) is 10.4 Å². The molecule has 6 N–H and O–H groups in total. The molecule has 10 nitrogen and oxygen atoms in total. The number of amidine groups is 1. The molecule has 4 rings (SSSR count). The molecule has 202 valence electrons. The van der Waals surface area contributed by atoms with Crippen LogP contribution < -0.4 is 11.4 Å². The van der Waals surface area contributed by atoms with E-state index in [1.807, 2.05) is 42.5 Å². The fourth-order valence-electron chi connectivity index (χ4n) is 3.61. The van der Waals surface area contributed by atoms with Crippen molar-refractivity contribution in [2.45, 2.75) is 18.5 Å².